The summed E-state index contributed by atoms with van der Waals surface area (Å²) in [4.78, 5) is 12.1. The standard InChI is InChI=1S/C13H9Br3N2O/c14-9-4-2-1-3-8(9)13(19)18-7-5-10(15)12(17)11(16)6-7/h1-6H,17H2,(H,18,19). The molecule has 0 radical (unpaired) electrons. The average molecular weight is 449 g/mol. The highest BCUT2D eigenvalue weighted by Crippen LogP contribution is 2.32. The molecule has 0 spiro atoms. The lowest BCUT2D eigenvalue weighted by molar-refractivity contribution is 0.102. The van der Waals surface area contributed by atoms with Crippen molar-refractivity contribution in [2.75, 3.05) is 11.1 Å². The lowest BCUT2D eigenvalue weighted by Gasteiger charge is -2.09. The molecule has 6 heteroatoms. The molecule has 2 aromatic carbocycles. The van der Waals surface area contributed by atoms with E-state index in [1.165, 1.54) is 0 Å². The van der Waals surface area contributed by atoms with Gasteiger partial charge in [-0.1, -0.05) is 12.1 Å². The zero-order chi connectivity index (χ0) is 14.0. The topological polar surface area (TPSA) is 55.1 Å². The summed E-state index contributed by atoms with van der Waals surface area (Å²) in [6.45, 7) is 0. The molecule has 19 heavy (non-hydrogen) atoms. The molecule has 0 atom stereocenters. The van der Waals surface area contributed by atoms with Crippen molar-refractivity contribution in [1.82, 2.24) is 0 Å². The van der Waals surface area contributed by atoms with E-state index in [-0.39, 0.29) is 5.91 Å². The van der Waals surface area contributed by atoms with Gasteiger partial charge < -0.3 is 11.1 Å². The van der Waals surface area contributed by atoms with E-state index in [1.807, 2.05) is 18.2 Å². The summed E-state index contributed by atoms with van der Waals surface area (Å²) in [7, 11) is 0. The highest BCUT2D eigenvalue weighted by molar-refractivity contribution is 9.11. The fourth-order valence-electron chi connectivity index (χ4n) is 1.50. The molecule has 0 saturated heterocycles. The van der Waals surface area contributed by atoms with Gasteiger partial charge >= 0.3 is 0 Å². The van der Waals surface area contributed by atoms with E-state index in [2.05, 4.69) is 53.1 Å². The predicted molar refractivity (Wildman–Crippen MR) is 88.3 cm³/mol. The Balaban J connectivity index is 2.27. The molecule has 0 aliphatic rings. The fourth-order valence-corrected chi connectivity index (χ4v) is 3.15. The van der Waals surface area contributed by atoms with Crippen LogP contribution in [0.25, 0.3) is 0 Å². The number of benzene rings is 2. The number of anilines is 2. The van der Waals surface area contributed by atoms with Crippen molar-refractivity contribution in [3.8, 4) is 0 Å². The van der Waals surface area contributed by atoms with Crippen LogP contribution in [-0.4, -0.2) is 5.91 Å². The van der Waals surface area contributed by atoms with Crippen molar-refractivity contribution in [3.05, 3.63) is 55.4 Å². The number of rotatable bonds is 2. The number of hydrogen-bond donors (Lipinski definition) is 2. The molecule has 0 aliphatic heterocycles. The maximum Gasteiger partial charge on any atom is 0.256 e. The normalized spacial score (nSPS) is 10.3. The molecule has 0 aliphatic carbocycles. The zero-order valence-corrected chi connectivity index (χ0v) is 14.3. The predicted octanol–water partition coefficient (Wildman–Crippen LogP) is 4.81. The number of nitrogens with two attached hydrogens (primary N) is 1. The van der Waals surface area contributed by atoms with Gasteiger partial charge in [-0.2, -0.15) is 0 Å². The molecular formula is C13H9Br3N2O. The minimum absolute atomic E-state index is 0.184. The molecule has 2 rings (SSSR count). The number of nitrogens with one attached hydrogen (secondary N) is 1. The quantitative estimate of drug-likeness (QED) is 0.648. The summed E-state index contributed by atoms with van der Waals surface area (Å²) >= 11 is 10.0. The summed E-state index contributed by atoms with van der Waals surface area (Å²) in [5, 5.41) is 2.82. The second-order valence-electron chi connectivity index (χ2n) is 3.79. The van der Waals surface area contributed by atoms with Crippen LogP contribution in [0.5, 0.6) is 0 Å². The van der Waals surface area contributed by atoms with E-state index in [4.69, 9.17) is 5.73 Å². The Hall–Kier alpha value is -0.850. The maximum absolute atomic E-state index is 12.1. The monoisotopic (exact) mass is 446 g/mol. The highest BCUT2D eigenvalue weighted by atomic mass is 79.9. The van der Waals surface area contributed by atoms with E-state index in [0.717, 1.165) is 13.4 Å². The third-order valence-electron chi connectivity index (χ3n) is 2.46. The van der Waals surface area contributed by atoms with Gasteiger partial charge in [0, 0.05) is 19.1 Å². The van der Waals surface area contributed by atoms with Crippen LogP contribution in [0.15, 0.2) is 49.8 Å². The maximum atomic E-state index is 12.1. The molecular weight excluding hydrogens is 440 g/mol. The number of carbonyl (C=O) groups is 1. The molecule has 3 nitrogen and oxygen atoms in total. The van der Waals surface area contributed by atoms with Crippen LogP contribution in [-0.2, 0) is 0 Å². The van der Waals surface area contributed by atoms with E-state index in [0.29, 0.717) is 16.9 Å². The number of halogens is 3. The van der Waals surface area contributed by atoms with Crippen LogP contribution in [0.4, 0.5) is 11.4 Å². The Morgan fingerprint density at radius 3 is 2.16 bits per heavy atom. The number of amides is 1. The Labute approximate surface area is 136 Å². The van der Waals surface area contributed by atoms with Gasteiger partial charge in [0.15, 0.2) is 0 Å². The molecule has 1 amide bonds. The van der Waals surface area contributed by atoms with Crippen molar-refractivity contribution in [2.24, 2.45) is 0 Å². The van der Waals surface area contributed by atoms with Gasteiger partial charge in [-0.3, -0.25) is 4.79 Å². The van der Waals surface area contributed by atoms with Gasteiger partial charge in [-0.05, 0) is 72.1 Å². The number of carbonyl (C=O) groups excluding carboxylic acids is 1. The van der Waals surface area contributed by atoms with Crippen molar-refractivity contribution < 1.29 is 4.79 Å². The lowest BCUT2D eigenvalue weighted by Crippen LogP contribution is -2.12. The van der Waals surface area contributed by atoms with Crippen LogP contribution >= 0.6 is 47.8 Å². The minimum atomic E-state index is -0.184. The Morgan fingerprint density at radius 2 is 1.58 bits per heavy atom. The van der Waals surface area contributed by atoms with E-state index < -0.39 is 0 Å². The molecule has 0 fully saturated rings. The molecule has 2 aromatic rings. The Bertz CT molecular complexity index is 621. The number of hydrogen-bond acceptors (Lipinski definition) is 2. The molecule has 0 bridgehead atoms. The molecule has 0 heterocycles. The second-order valence-corrected chi connectivity index (χ2v) is 6.35. The van der Waals surface area contributed by atoms with E-state index in [1.54, 1.807) is 18.2 Å². The Kier molecular flexibility index (Phi) is 4.65. The molecule has 3 N–H and O–H groups in total. The summed E-state index contributed by atoms with van der Waals surface area (Å²) in [6.07, 6.45) is 0. The zero-order valence-electron chi connectivity index (χ0n) is 9.58. The summed E-state index contributed by atoms with van der Waals surface area (Å²) in [5.41, 5.74) is 7.64. The van der Waals surface area contributed by atoms with Crippen LogP contribution in [0.2, 0.25) is 0 Å². The first-order chi connectivity index (χ1) is 8.99. The molecule has 0 saturated carbocycles. The smallest absolute Gasteiger partial charge is 0.256 e. The fraction of sp³-hybridized carbons (Fsp3) is 0. The lowest BCUT2D eigenvalue weighted by atomic mass is 10.2. The third-order valence-corrected chi connectivity index (χ3v) is 4.46. The molecule has 98 valence electrons. The SMILES string of the molecule is Nc1c(Br)cc(NC(=O)c2ccccc2Br)cc1Br. The first kappa shape index (κ1) is 14.6. The highest BCUT2D eigenvalue weighted by Gasteiger charge is 2.11. The average Bonchev–Trinajstić information content (AvgIpc) is 2.36. The minimum Gasteiger partial charge on any atom is -0.397 e. The van der Waals surface area contributed by atoms with Crippen LogP contribution in [0.3, 0.4) is 0 Å². The molecule has 0 aromatic heterocycles. The van der Waals surface area contributed by atoms with Crippen LogP contribution in [0.1, 0.15) is 10.4 Å². The summed E-state index contributed by atoms with van der Waals surface area (Å²) in [6, 6.07) is 10.8. The summed E-state index contributed by atoms with van der Waals surface area (Å²) < 4.78 is 2.20. The first-order valence-corrected chi connectivity index (χ1v) is 7.67. The second kappa shape index (κ2) is 6.07. The van der Waals surface area contributed by atoms with Crippen molar-refractivity contribution in [1.29, 1.82) is 0 Å². The van der Waals surface area contributed by atoms with Gasteiger partial charge in [0.05, 0.1) is 11.3 Å². The van der Waals surface area contributed by atoms with Gasteiger partial charge in [0.2, 0.25) is 0 Å². The van der Waals surface area contributed by atoms with Gasteiger partial charge in [0.25, 0.3) is 5.91 Å². The van der Waals surface area contributed by atoms with Crippen LogP contribution in [0, 0.1) is 0 Å². The largest absolute Gasteiger partial charge is 0.397 e. The molecule has 0 unspecified atom stereocenters. The number of nitrogen functional groups attached to an aromatic ring is 1. The van der Waals surface area contributed by atoms with E-state index >= 15 is 0 Å². The van der Waals surface area contributed by atoms with Crippen molar-refractivity contribution >= 4 is 65.1 Å². The van der Waals surface area contributed by atoms with E-state index in [9.17, 15) is 4.79 Å². The van der Waals surface area contributed by atoms with Gasteiger partial charge in [-0.15, -0.1) is 0 Å². The van der Waals surface area contributed by atoms with Crippen molar-refractivity contribution in [2.45, 2.75) is 0 Å². The summed E-state index contributed by atoms with van der Waals surface area (Å²) in [5.74, 6) is -0.184. The van der Waals surface area contributed by atoms with Gasteiger partial charge in [-0.25, -0.2) is 0 Å². The third kappa shape index (κ3) is 3.38. The van der Waals surface area contributed by atoms with Crippen LogP contribution < -0.4 is 11.1 Å². The van der Waals surface area contributed by atoms with Crippen molar-refractivity contribution in [3.63, 3.8) is 0 Å². The van der Waals surface area contributed by atoms with Gasteiger partial charge in [0.1, 0.15) is 0 Å². The Morgan fingerprint density at radius 1 is 1.00 bits per heavy atom. The first-order valence-electron chi connectivity index (χ1n) is 5.29.